The Balaban J connectivity index is 1.73. The number of aromatic nitrogens is 1. The molecule has 0 saturated carbocycles. The maximum atomic E-state index is 12.0. The third kappa shape index (κ3) is 3.66. The second-order valence-electron chi connectivity index (χ2n) is 4.47. The molecule has 0 saturated heterocycles. The smallest absolute Gasteiger partial charge is 0.248 e. The lowest BCUT2D eigenvalue weighted by Gasteiger charge is -2.04. The summed E-state index contributed by atoms with van der Waals surface area (Å²) in [5.41, 5.74) is 1.54. The zero-order chi connectivity index (χ0) is 15.5. The van der Waals surface area contributed by atoms with Crippen molar-refractivity contribution in [1.29, 1.82) is 0 Å². The van der Waals surface area contributed by atoms with E-state index >= 15 is 0 Å². The van der Waals surface area contributed by atoms with E-state index in [1.807, 2.05) is 30.3 Å². The lowest BCUT2D eigenvalue weighted by molar-refractivity contribution is -0.111. The van der Waals surface area contributed by atoms with Crippen molar-refractivity contribution in [2.75, 3.05) is 5.32 Å². The second-order valence-corrected chi connectivity index (χ2v) is 7.18. The van der Waals surface area contributed by atoms with Crippen LogP contribution in [0, 0.1) is 3.57 Å². The second kappa shape index (κ2) is 6.76. The highest BCUT2D eigenvalue weighted by Crippen LogP contribution is 2.24. The highest BCUT2D eigenvalue weighted by atomic mass is 127. The molecule has 0 aliphatic rings. The van der Waals surface area contributed by atoms with Gasteiger partial charge in [0.2, 0.25) is 5.91 Å². The average Bonchev–Trinajstić information content (AvgIpc) is 2.91. The van der Waals surface area contributed by atoms with Crippen LogP contribution in [0.2, 0.25) is 5.02 Å². The largest absolute Gasteiger partial charge is 0.321 e. The summed E-state index contributed by atoms with van der Waals surface area (Å²) < 4.78 is 2.12. The van der Waals surface area contributed by atoms with Gasteiger partial charge < -0.3 is 5.32 Å². The first-order valence-corrected chi connectivity index (χ1v) is 8.69. The molecule has 0 radical (unpaired) electrons. The van der Waals surface area contributed by atoms with Gasteiger partial charge in [-0.25, -0.2) is 4.98 Å². The minimum atomic E-state index is -0.234. The standard InChI is InChI=1S/C16H10ClIN2OS/c17-11-9-10(18)5-6-12(11)19-15(21)7-8-16-20-13-3-1-2-4-14(13)22-16/h1-9H,(H,19,21)/b8-7+. The molecule has 0 atom stereocenters. The predicted octanol–water partition coefficient (Wildman–Crippen LogP) is 5.21. The van der Waals surface area contributed by atoms with Crippen molar-refractivity contribution in [1.82, 2.24) is 4.98 Å². The number of nitrogens with one attached hydrogen (secondary N) is 1. The zero-order valence-electron chi connectivity index (χ0n) is 11.2. The van der Waals surface area contributed by atoms with Gasteiger partial charge in [0.05, 0.1) is 20.9 Å². The Labute approximate surface area is 150 Å². The summed E-state index contributed by atoms with van der Waals surface area (Å²) in [4.78, 5) is 16.4. The summed E-state index contributed by atoms with van der Waals surface area (Å²) in [6.07, 6.45) is 3.17. The molecule has 1 amide bonds. The molecule has 1 heterocycles. The molecule has 3 nitrogen and oxygen atoms in total. The fourth-order valence-corrected chi connectivity index (χ4v) is 3.65. The van der Waals surface area contributed by atoms with Crippen LogP contribution in [0.15, 0.2) is 48.5 Å². The van der Waals surface area contributed by atoms with Crippen LogP contribution in [-0.4, -0.2) is 10.9 Å². The van der Waals surface area contributed by atoms with Crippen LogP contribution in [0.25, 0.3) is 16.3 Å². The fraction of sp³-hybridized carbons (Fsp3) is 0. The van der Waals surface area contributed by atoms with Crippen LogP contribution in [0.5, 0.6) is 0 Å². The molecule has 0 unspecified atom stereocenters. The first kappa shape index (κ1) is 15.5. The molecule has 6 heteroatoms. The minimum Gasteiger partial charge on any atom is -0.321 e. The summed E-state index contributed by atoms with van der Waals surface area (Å²) in [5, 5.41) is 4.08. The van der Waals surface area contributed by atoms with Crippen LogP contribution >= 0.6 is 45.5 Å². The van der Waals surface area contributed by atoms with Gasteiger partial charge in [-0.05, 0) is 59.0 Å². The number of carbonyl (C=O) groups is 1. The third-order valence-corrected chi connectivity index (χ3v) is 4.86. The molecular weight excluding hydrogens is 431 g/mol. The number of fused-ring (bicyclic) bond motifs is 1. The maximum absolute atomic E-state index is 12.0. The van der Waals surface area contributed by atoms with Gasteiger partial charge in [-0.1, -0.05) is 23.7 Å². The number of carbonyl (C=O) groups excluding carboxylic acids is 1. The van der Waals surface area contributed by atoms with Gasteiger partial charge in [0.15, 0.2) is 0 Å². The number of hydrogen-bond donors (Lipinski definition) is 1. The van der Waals surface area contributed by atoms with Gasteiger partial charge in [-0.15, -0.1) is 11.3 Å². The van der Waals surface area contributed by atoms with Gasteiger partial charge >= 0.3 is 0 Å². The zero-order valence-corrected chi connectivity index (χ0v) is 14.9. The van der Waals surface area contributed by atoms with E-state index < -0.39 is 0 Å². The van der Waals surface area contributed by atoms with E-state index in [-0.39, 0.29) is 5.91 Å². The van der Waals surface area contributed by atoms with Crippen molar-refractivity contribution in [3.8, 4) is 0 Å². The molecule has 0 aliphatic heterocycles. The Morgan fingerprint density at radius 2 is 2.09 bits per heavy atom. The van der Waals surface area contributed by atoms with Gasteiger partial charge in [-0.3, -0.25) is 4.79 Å². The van der Waals surface area contributed by atoms with Gasteiger partial charge in [-0.2, -0.15) is 0 Å². The molecule has 1 N–H and O–H groups in total. The molecule has 2 aromatic carbocycles. The van der Waals surface area contributed by atoms with Gasteiger partial charge in [0.25, 0.3) is 0 Å². The molecule has 110 valence electrons. The number of rotatable bonds is 3. The number of amides is 1. The number of anilines is 1. The van der Waals surface area contributed by atoms with E-state index in [1.165, 1.54) is 6.08 Å². The maximum Gasteiger partial charge on any atom is 0.248 e. The number of nitrogens with zero attached hydrogens (tertiary/aromatic N) is 1. The lowest BCUT2D eigenvalue weighted by Crippen LogP contribution is -2.08. The van der Waals surface area contributed by atoms with Gasteiger partial charge in [0.1, 0.15) is 5.01 Å². The van der Waals surface area contributed by atoms with Crippen molar-refractivity contribution < 1.29 is 4.79 Å². The highest BCUT2D eigenvalue weighted by molar-refractivity contribution is 14.1. The predicted molar refractivity (Wildman–Crippen MR) is 101 cm³/mol. The SMILES string of the molecule is O=C(/C=C/c1nc2ccccc2s1)Nc1ccc(I)cc1Cl. The van der Waals surface area contributed by atoms with Crippen molar-refractivity contribution in [3.05, 3.63) is 62.1 Å². The molecule has 22 heavy (non-hydrogen) atoms. The van der Waals surface area contributed by atoms with Gasteiger partial charge in [0, 0.05) is 9.65 Å². The monoisotopic (exact) mass is 440 g/mol. The number of benzene rings is 2. The molecule has 0 bridgehead atoms. The third-order valence-electron chi connectivity index (χ3n) is 2.88. The number of hydrogen-bond acceptors (Lipinski definition) is 3. The highest BCUT2D eigenvalue weighted by Gasteiger charge is 2.04. The van der Waals surface area contributed by atoms with E-state index in [4.69, 9.17) is 11.6 Å². The molecule has 3 rings (SSSR count). The van der Waals surface area contributed by atoms with Crippen molar-refractivity contribution in [2.24, 2.45) is 0 Å². The summed E-state index contributed by atoms with van der Waals surface area (Å²) in [6.45, 7) is 0. The summed E-state index contributed by atoms with van der Waals surface area (Å²) in [5.74, 6) is -0.234. The summed E-state index contributed by atoms with van der Waals surface area (Å²) in [7, 11) is 0. The normalized spacial score (nSPS) is 11.2. The minimum absolute atomic E-state index is 0.234. The Morgan fingerprint density at radius 1 is 1.27 bits per heavy atom. The Kier molecular flexibility index (Phi) is 4.75. The number of para-hydroxylation sites is 1. The first-order valence-electron chi connectivity index (χ1n) is 6.41. The first-order chi connectivity index (χ1) is 10.6. The number of thiazole rings is 1. The van der Waals surface area contributed by atoms with Crippen LogP contribution in [-0.2, 0) is 4.79 Å². The topological polar surface area (TPSA) is 42.0 Å². The summed E-state index contributed by atoms with van der Waals surface area (Å²) >= 11 is 9.80. The van der Waals surface area contributed by atoms with Crippen molar-refractivity contribution in [2.45, 2.75) is 0 Å². The van der Waals surface area contributed by atoms with E-state index in [2.05, 4.69) is 32.9 Å². The lowest BCUT2D eigenvalue weighted by atomic mass is 10.3. The number of halogens is 2. The van der Waals surface area contributed by atoms with Crippen LogP contribution in [0.3, 0.4) is 0 Å². The van der Waals surface area contributed by atoms with E-state index in [0.717, 1.165) is 18.8 Å². The Morgan fingerprint density at radius 3 is 2.86 bits per heavy atom. The average molecular weight is 441 g/mol. The fourth-order valence-electron chi connectivity index (χ4n) is 1.87. The quantitative estimate of drug-likeness (QED) is 0.449. The van der Waals surface area contributed by atoms with Crippen molar-refractivity contribution >= 4 is 73.4 Å². The molecule has 0 fully saturated rings. The molecule has 3 aromatic rings. The Hall–Kier alpha value is -1.44. The summed E-state index contributed by atoms with van der Waals surface area (Å²) in [6, 6.07) is 13.4. The molecular formula is C16H10ClIN2OS. The van der Waals surface area contributed by atoms with Crippen LogP contribution in [0.4, 0.5) is 5.69 Å². The van der Waals surface area contributed by atoms with Crippen LogP contribution in [0.1, 0.15) is 5.01 Å². The molecule has 0 aliphatic carbocycles. The van der Waals surface area contributed by atoms with E-state index in [0.29, 0.717) is 10.7 Å². The Bertz CT molecular complexity index is 842. The van der Waals surface area contributed by atoms with Crippen molar-refractivity contribution in [3.63, 3.8) is 0 Å². The van der Waals surface area contributed by atoms with Crippen LogP contribution < -0.4 is 5.32 Å². The van der Waals surface area contributed by atoms with E-state index in [9.17, 15) is 4.79 Å². The molecule has 1 aromatic heterocycles. The van der Waals surface area contributed by atoms with E-state index in [1.54, 1.807) is 29.5 Å². The molecule has 0 spiro atoms.